The molecule has 0 amide bonds. The van der Waals surface area contributed by atoms with Gasteiger partial charge in [0.15, 0.2) is 6.29 Å². The maximum Gasteiger partial charge on any atom is 0.161 e. The van der Waals surface area contributed by atoms with Crippen molar-refractivity contribution >= 4 is 15.9 Å². The summed E-state index contributed by atoms with van der Waals surface area (Å²) in [5.74, 6) is 0.413. The van der Waals surface area contributed by atoms with Gasteiger partial charge in [-0.25, -0.2) is 0 Å². The largest absolute Gasteiger partial charge is 0.352 e. The highest BCUT2D eigenvalue weighted by Gasteiger charge is 2.26. The zero-order chi connectivity index (χ0) is 11.1. The quantitative estimate of drug-likeness (QED) is 0.565. The Kier molecular flexibility index (Phi) is 6.53. The molecule has 1 heterocycles. The van der Waals surface area contributed by atoms with Gasteiger partial charge in [0, 0.05) is 10.7 Å². The lowest BCUT2D eigenvalue weighted by atomic mass is 10.0. The number of halogens is 1. The number of hydrogen-bond acceptors (Lipinski definition) is 2. The molecule has 2 unspecified atom stereocenters. The van der Waals surface area contributed by atoms with Crippen LogP contribution < -0.4 is 0 Å². The number of allylic oxidation sites excluding steroid dienone is 2. The molecule has 0 radical (unpaired) electrons. The van der Waals surface area contributed by atoms with Crippen molar-refractivity contribution in [2.75, 3.05) is 13.2 Å². The molecule has 1 saturated heterocycles. The van der Waals surface area contributed by atoms with Gasteiger partial charge in [-0.2, -0.15) is 0 Å². The van der Waals surface area contributed by atoms with E-state index in [4.69, 9.17) is 9.47 Å². The van der Waals surface area contributed by atoms with Gasteiger partial charge in [0.05, 0.1) is 13.2 Å². The summed E-state index contributed by atoms with van der Waals surface area (Å²) in [6, 6.07) is 0. The van der Waals surface area contributed by atoms with Gasteiger partial charge < -0.3 is 9.47 Å². The van der Waals surface area contributed by atoms with Gasteiger partial charge in [0.1, 0.15) is 0 Å². The fourth-order valence-corrected chi connectivity index (χ4v) is 2.18. The minimum absolute atomic E-state index is 0.0197. The third kappa shape index (κ3) is 4.66. The van der Waals surface area contributed by atoms with E-state index in [-0.39, 0.29) is 6.29 Å². The van der Waals surface area contributed by atoms with E-state index in [0.29, 0.717) is 10.7 Å². The average Bonchev–Trinajstić information content (AvgIpc) is 2.29. The van der Waals surface area contributed by atoms with Crippen LogP contribution in [0.5, 0.6) is 0 Å². The van der Waals surface area contributed by atoms with Crippen molar-refractivity contribution < 1.29 is 9.47 Å². The molecule has 0 aromatic carbocycles. The molecule has 0 N–H and O–H groups in total. The van der Waals surface area contributed by atoms with E-state index >= 15 is 0 Å². The first kappa shape index (κ1) is 13.2. The van der Waals surface area contributed by atoms with Gasteiger partial charge in [-0.05, 0) is 26.2 Å². The van der Waals surface area contributed by atoms with E-state index in [9.17, 15) is 0 Å². The molecule has 1 rings (SSSR count). The highest BCUT2D eigenvalue weighted by molar-refractivity contribution is 9.09. The van der Waals surface area contributed by atoms with Crippen molar-refractivity contribution in [2.24, 2.45) is 5.92 Å². The van der Waals surface area contributed by atoms with Crippen LogP contribution in [-0.4, -0.2) is 24.3 Å². The zero-order valence-corrected chi connectivity index (χ0v) is 11.2. The van der Waals surface area contributed by atoms with Crippen LogP contribution in [0.1, 0.15) is 33.1 Å². The topological polar surface area (TPSA) is 18.5 Å². The molecule has 2 atom stereocenters. The molecule has 0 spiro atoms. The Labute approximate surface area is 101 Å². The number of hydrogen-bond donors (Lipinski definition) is 0. The van der Waals surface area contributed by atoms with E-state index in [0.717, 1.165) is 32.5 Å². The predicted molar refractivity (Wildman–Crippen MR) is 66.2 cm³/mol. The Bertz CT molecular complexity index is 188. The molecule has 88 valence electrons. The standard InChI is InChI=1S/C12H21BrO2/c1-3-4-5-7-11(13)10(2)12-14-8-6-9-15-12/h3-4,10-12H,5-9H2,1-2H3. The molecule has 0 aromatic heterocycles. The second-order valence-electron chi connectivity index (χ2n) is 3.99. The normalized spacial score (nSPS) is 23.1. The van der Waals surface area contributed by atoms with Crippen molar-refractivity contribution in [3.8, 4) is 0 Å². The molecule has 2 nitrogen and oxygen atoms in total. The van der Waals surface area contributed by atoms with Crippen molar-refractivity contribution in [3.63, 3.8) is 0 Å². The third-order valence-electron chi connectivity index (χ3n) is 2.70. The second kappa shape index (κ2) is 7.42. The number of alkyl halides is 1. The van der Waals surface area contributed by atoms with Crippen LogP contribution >= 0.6 is 15.9 Å². The van der Waals surface area contributed by atoms with Crippen LogP contribution in [0.15, 0.2) is 12.2 Å². The Morgan fingerprint density at radius 2 is 2.07 bits per heavy atom. The number of ether oxygens (including phenoxy) is 2. The Morgan fingerprint density at radius 1 is 1.40 bits per heavy atom. The van der Waals surface area contributed by atoms with E-state index in [1.807, 2.05) is 0 Å². The Morgan fingerprint density at radius 3 is 2.67 bits per heavy atom. The van der Waals surface area contributed by atoms with Crippen molar-refractivity contribution in [3.05, 3.63) is 12.2 Å². The van der Waals surface area contributed by atoms with Crippen molar-refractivity contribution in [1.29, 1.82) is 0 Å². The molecule has 0 saturated carbocycles. The fourth-order valence-electron chi connectivity index (χ4n) is 1.67. The van der Waals surface area contributed by atoms with Crippen LogP contribution in [0.3, 0.4) is 0 Å². The summed E-state index contributed by atoms with van der Waals surface area (Å²) in [5, 5.41) is 0. The van der Waals surface area contributed by atoms with E-state index in [2.05, 4.69) is 41.9 Å². The number of rotatable bonds is 5. The summed E-state index contributed by atoms with van der Waals surface area (Å²) in [5.41, 5.74) is 0. The molecule has 1 fully saturated rings. The third-order valence-corrected chi connectivity index (χ3v) is 3.99. The fraction of sp³-hybridized carbons (Fsp3) is 0.833. The summed E-state index contributed by atoms with van der Waals surface area (Å²) in [4.78, 5) is 0.469. The maximum absolute atomic E-state index is 5.60. The molecule has 1 aliphatic rings. The summed E-state index contributed by atoms with van der Waals surface area (Å²) in [7, 11) is 0. The van der Waals surface area contributed by atoms with E-state index in [1.165, 1.54) is 0 Å². The monoisotopic (exact) mass is 276 g/mol. The lowest BCUT2D eigenvalue weighted by Gasteiger charge is -2.30. The minimum Gasteiger partial charge on any atom is -0.352 e. The van der Waals surface area contributed by atoms with Crippen molar-refractivity contribution in [1.82, 2.24) is 0 Å². The van der Waals surface area contributed by atoms with Gasteiger partial charge in [-0.3, -0.25) is 0 Å². The van der Waals surface area contributed by atoms with Crippen LogP contribution in [0.4, 0.5) is 0 Å². The minimum atomic E-state index is -0.0197. The zero-order valence-electron chi connectivity index (χ0n) is 9.62. The molecule has 0 aromatic rings. The average molecular weight is 277 g/mol. The van der Waals surface area contributed by atoms with Crippen LogP contribution in [0, 0.1) is 5.92 Å². The molecule has 3 heteroatoms. The summed E-state index contributed by atoms with van der Waals surface area (Å²) < 4.78 is 11.2. The Hall–Kier alpha value is 0.140. The second-order valence-corrected chi connectivity index (χ2v) is 5.16. The molecule has 1 aliphatic heterocycles. The SMILES string of the molecule is CC=CCCC(Br)C(C)C1OCCCO1. The smallest absolute Gasteiger partial charge is 0.161 e. The first-order valence-electron chi connectivity index (χ1n) is 5.74. The maximum atomic E-state index is 5.60. The van der Waals surface area contributed by atoms with Crippen molar-refractivity contribution in [2.45, 2.75) is 44.2 Å². The lowest BCUT2D eigenvalue weighted by Crippen LogP contribution is -2.35. The van der Waals surface area contributed by atoms with Crippen LogP contribution in [-0.2, 0) is 9.47 Å². The molecular weight excluding hydrogens is 256 g/mol. The predicted octanol–water partition coefficient (Wildman–Crippen LogP) is 3.51. The van der Waals surface area contributed by atoms with Gasteiger partial charge in [-0.15, -0.1) is 0 Å². The first-order chi connectivity index (χ1) is 7.25. The molecule has 0 aliphatic carbocycles. The van der Waals surface area contributed by atoms with Crippen LogP contribution in [0.25, 0.3) is 0 Å². The highest BCUT2D eigenvalue weighted by Crippen LogP contribution is 2.25. The molecular formula is C12H21BrO2. The van der Waals surface area contributed by atoms with Gasteiger partial charge in [-0.1, -0.05) is 35.0 Å². The van der Waals surface area contributed by atoms with Crippen LogP contribution in [0.2, 0.25) is 0 Å². The lowest BCUT2D eigenvalue weighted by molar-refractivity contribution is -0.201. The summed E-state index contributed by atoms with van der Waals surface area (Å²) in [6.07, 6.45) is 7.54. The molecule has 0 bridgehead atoms. The van der Waals surface area contributed by atoms with E-state index in [1.54, 1.807) is 0 Å². The van der Waals surface area contributed by atoms with Gasteiger partial charge in [0.2, 0.25) is 0 Å². The first-order valence-corrected chi connectivity index (χ1v) is 6.65. The summed E-state index contributed by atoms with van der Waals surface area (Å²) in [6.45, 7) is 5.91. The summed E-state index contributed by atoms with van der Waals surface area (Å²) >= 11 is 3.72. The Balaban J connectivity index is 2.27. The van der Waals surface area contributed by atoms with E-state index < -0.39 is 0 Å². The highest BCUT2D eigenvalue weighted by atomic mass is 79.9. The van der Waals surface area contributed by atoms with Gasteiger partial charge >= 0.3 is 0 Å². The molecule has 15 heavy (non-hydrogen) atoms. The van der Waals surface area contributed by atoms with Gasteiger partial charge in [0.25, 0.3) is 0 Å².